The summed E-state index contributed by atoms with van der Waals surface area (Å²) in [4.78, 5) is 9.61. The number of benzene rings is 1. The summed E-state index contributed by atoms with van der Waals surface area (Å²) < 4.78 is 5.48. The van der Waals surface area contributed by atoms with Crippen LogP contribution in [0.15, 0.2) is 47.1 Å². The van der Waals surface area contributed by atoms with E-state index >= 15 is 0 Å². The van der Waals surface area contributed by atoms with Crippen LogP contribution in [0.2, 0.25) is 0 Å². The molecule has 8 heteroatoms. The summed E-state index contributed by atoms with van der Waals surface area (Å²) in [6.07, 6.45) is 6.11. The second-order valence-corrected chi connectivity index (χ2v) is 9.11. The van der Waals surface area contributed by atoms with Gasteiger partial charge in [0.05, 0.1) is 12.0 Å². The van der Waals surface area contributed by atoms with Gasteiger partial charge in [-0.2, -0.15) is 10.1 Å². The first kappa shape index (κ1) is 21.5. The highest BCUT2D eigenvalue weighted by molar-refractivity contribution is 5.88. The number of anilines is 2. The molecule has 0 bridgehead atoms. The maximum atomic E-state index is 6.36. The van der Waals surface area contributed by atoms with E-state index < -0.39 is 0 Å². The molecule has 2 unspecified atom stereocenters. The quantitative estimate of drug-likeness (QED) is 0.315. The zero-order chi connectivity index (χ0) is 22.8. The second-order valence-electron chi connectivity index (χ2n) is 9.11. The first-order valence-electron chi connectivity index (χ1n) is 11.7. The zero-order valence-electron chi connectivity index (χ0n) is 19.1. The van der Waals surface area contributed by atoms with Gasteiger partial charge in [-0.15, -0.1) is 0 Å². The number of nitrogens with two attached hydrogens (primary N) is 1. The average Bonchev–Trinajstić information content (AvgIpc) is 3.50. The molecule has 1 aromatic carbocycles. The maximum absolute atomic E-state index is 6.36. The van der Waals surface area contributed by atoms with Crippen molar-refractivity contribution in [3.63, 3.8) is 0 Å². The summed E-state index contributed by atoms with van der Waals surface area (Å²) in [5.41, 5.74) is 11.2. The predicted molar refractivity (Wildman–Crippen MR) is 131 cm³/mol. The van der Waals surface area contributed by atoms with Crippen LogP contribution in [0.5, 0.6) is 0 Å². The molecule has 1 fully saturated rings. The summed E-state index contributed by atoms with van der Waals surface area (Å²) in [5.74, 6) is 2.45. The predicted octanol–water partition coefficient (Wildman–Crippen LogP) is 5.03. The SMILES string of the molecule is CC(C)c1[nH]nc2c(NCc3ccc(-c4ccco4)cc3)nc(NC3CCCCC3N)nc12. The van der Waals surface area contributed by atoms with E-state index in [0.717, 1.165) is 46.5 Å². The lowest BCUT2D eigenvalue weighted by atomic mass is 9.91. The number of aromatic amines is 1. The Balaban J connectivity index is 1.40. The molecule has 0 amide bonds. The van der Waals surface area contributed by atoms with Crippen molar-refractivity contribution < 1.29 is 4.42 Å². The molecule has 1 saturated carbocycles. The van der Waals surface area contributed by atoms with E-state index in [0.29, 0.717) is 18.3 Å². The van der Waals surface area contributed by atoms with Crippen molar-refractivity contribution in [2.75, 3.05) is 10.6 Å². The Morgan fingerprint density at radius 1 is 1.09 bits per heavy atom. The third-order valence-electron chi connectivity index (χ3n) is 6.36. The van der Waals surface area contributed by atoms with Gasteiger partial charge in [-0.3, -0.25) is 5.10 Å². The molecule has 2 atom stereocenters. The van der Waals surface area contributed by atoms with Crippen LogP contribution >= 0.6 is 0 Å². The van der Waals surface area contributed by atoms with E-state index in [-0.39, 0.29) is 18.0 Å². The summed E-state index contributed by atoms with van der Waals surface area (Å²) in [7, 11) is 0. The highest BCUT2D eigenvalue weighted by Gasteiger charge is 2.24. The smallest absolute Gasteiger partial charge is 0.225 e. The normalized spacial score (nSPS) is 18.7. The third kappa shape index (κ3) is 4.57. The lowest BCUT2D eigenvalue weighted by molar-refractivity contribution is 0.402. The lowest BCUT2D eigenvalue weighted by Gasteiger charge is -2.29. The summed E-state index contributed by atoms with van der Waals surface area (Å²) in [6.45, 7) is 4.89. The lowest BCUT2D eigenvalue weighted by Crippen LogP contribution is -2.43. The fourth-order valence-electron chi connectivity index (χ4n) is 4.43. The highest BCUT2D eigenvalue weighted by Crippen LogP contribution is 2.28. The highest BCUT2D eigenvalue weighted by atomic mass is 16.3. The molecule has 4 aromatic rings. The molecular formula is C25H31N7O. The molecule has 0 saturated heterocycles. The maximum Gasteiger partial charge on any atom is 0.225 e. The van der Waals surface area contributed by atoms with E-state index in [1.54, 1.807) is 6.26 Å². The minimum Gasteiger partial charge on any atom is -0.464 e. The van der Waals surface area contributed by atoms with Crippen LogP contribution in [-0.4, -0.2) is 32.2 Å². The molecule has 1 aliphatic rings. The van der Waals surface area contributed by atoms with Gasteiger partial charge < -0.3 is 20.8 Å². The zero-order valence-corrected chi connectivity index (χ0v) is 19.1. The Morgan fingerprint density at radius 3 is 2.64 bits per heavy atom. The van der Waals surface area contributed by atoms with Crippen molar-refractivity contribution in [2.45, 2.75) is 64.1 Å². The van der Waals surface area contributed by atoms with Gasteiger partial charge in [-0.25, -0.2) is 4.98 Å². The number of hydrogen-bond donors (Lipinski definition) is 4. The molecule has 5 N–H and O–H groups in total. The average molecular weight is 446 g/mol. The molecular weight excluding hydrogens is 414 g/mol. The van der Waals surface area contributed by atoms with Crippen LogP contribution in [0, 0.1) is 0 Å². The number of H-pyrrole nitrogens is 1. The fourth-order valence-corrected chi connectivity index (χ4v) is 4.43. The molecule has 5 rings (SSSR count). The molecule has 3 aromatic heterocycles. The van der Waals surface area contributed by atoms with Crippen LogP contribution in [0.25, 0.3) is 22.4 Å². The molecule has 0 aliphatic heterocycles. The Hall–Kier alpha value is -3.39. The minimum absolute atomic E-state index is 0.121. The first-order valence-corrected chi connectivity index (χ1v) is 11.7. The van der Waals surface area contributed by atoms with Gasteiger partial charge in [0.1, 0.15) is 11.3 Å². The molecule has 33 heavy (non-hydrogen) atoms. The van der Waals surface area contributed by atoms with Crippen LogP contribution in [0.1, 0.15) is 56.7 Å². The van der Waals surface area contributed by atoms with E-state index in [2.05, 4.69) is 58.9 Å². The second kappa shape index (κ2) is 9.23. The van der Waals surface area contributed by atoms with E-state index in [1.807, 2.05) is 12.1 Å². The fraction of sp³-hybridized carbons (Fsp3) is 0.400. The number of rotatable bonds is 7. The van der Waals surface area contributed by atoms with Crippen molar-refractivity contribution in [1.82, 2.24) is 20.2 Å². The van der Waals surface area contributed by atoms with Crippen LogP contribution in [0.3, 0.4) is 0 Å². The number of aromatic nitrogens is 4. The summed E-state index contributed by atoms with van der Waals surface area (Å²) >= 11 is 0. The topological polar surface area (TPSA) is 118 Å². The van der Waals surface area contributed by atoms with Gasteiger partial charge in [0.2, 0.25) is 5.95 Å². The Morgan fingerprint density at radius 2 is 1.91 bits per heavy atom. The number of nitrogens with zero attached hydrogens (tertiary/aromatic N) is 3. The number of nitrogens with one attached hydrogen (secondary N) is 3. The number of fused-ring (bicyclic) bond motifs is 1. The van der Waals surface area contributed by atoms with Crippen molar-refractivity contribution in [3.05, 3.63) is 53.9 Å². The van der Waals surface area contributed by atoms with Crippen LogP contribution in [0.4, 0.5) is 11.8 Å². The molecule has 172 valence electrons. The van der Waals surface area contributed by atoms with Crippen LogP contribution in [-0.2, 0) is 6.54 Å². The van der Waals surface area contributed by atoms with Gasteiger partial charge in [0, 0.05) is 24.2 Å². The Kier molecular flexibility index (Phi) is 6.00. The van der Waals surface area contributed by atoms with Crippen molar-refractivity contribution in [2.24, 2.45) is 5.73 Å². The number of hydrogen-bond acceptors (Lipinski definition) is 7. The first-order chi connectivity index (χ1) is 16.1. The van der Waals surface area contributed by atoms with Crippen molar-refractivity contribution in [3.8, 4) is 11.3 Å². The molecule has 3 heterocycles. The van der Waals surface area contributed by atoms with Crippen molar-refractivity contribution >= 4 is 22.8 Å². The monoisotopic (exact) mass is 445 g/mol. The summed E-state index contributed by atoms with van der Waals surface area (Å²) in [6, 6.07) is 12.5. The van der Waals surface area contributed by atoms with Gasteiger partial charge in [-0.1, -0.05) is 51.0 Å². The van der Waals surface area contributed by atoms with Crippen molar-refractivity contribution in [1.29, 1.82) is 0 Å². The Labute approximate surface area is 193 Å². The molecule has 0 radical (unpaired) electrons. The van der Waals surface area contributed by atoms with Gasteiger partial charge in [0.25, 0.3) is 0 Å². The molecule has 0 spiro atoms. The molecule has 8 nitrogen and oxygen atoms in total. The minimum atomic E-state index is 0.121. The number of furan rings is 1. The van der Waals surface area contributed by atoms with Crippen LogP contribution < -0.4 is 16.4 Å². The summed E-state index contributed by atoms with van der Waals surface area (Å²) in [5, 5.41) is 14.7. The van der Waals surface area contributed by atoms with Gasteiger partial charge in [0.15, 0.2) is 11.3 Å². The standard InChI is InChI=1S/C25H31N7O/c1-15(2)21-22-23(32-31-21)24(30-25(29-22)28-19-7-4-3-6-18(19)26)27-14-16-9-11-17(12-10-16)20-8-5-13-33-20/h5,8-13,15,18-19H,3-4,6-7,14,26H2,1-2H3,(H,31,32)(H2,27,28,29,30). The third-order valence-corrected chi connectivity index (χ3v) is 6.36. The van der Waals surface area contributed by atoms with E-state index in [4.69, 9.17) is 20.1 Å². The Bertz CT molecular complexity index is 1200. The van der Waals surface area contributed by atoms with E-state index in [1.165, 1.54) is 12.8 Å². The van der Waals surface area contributed by atoms with Gasteiger partial charge >= 0.3 is 0 Å². The largest absolute Gasteiger partial charge is 0.464 e. The van der Waals surface area contributed by atoms with E-state index in [9.17, 15) is 0 Å². The van der Waals surface area contributed by atoms with Gasteiger partial charge in [-0.05, 0) is 36.5 Å². The molecule has 1 aliphatic carbocycles.